The topological polar surface area (TPSA) is 30.5 Å². The van der Waals surface area contributed by atoms with Gasteiger partial charge in [-0.3, -0.25) is 0 Å². The van der Waals surface area contributed by atoms with E-state index in [0.29, 0.717) is 12.6 Å². The third-order valence-electron chi connectivity index (χ3n) is 3.53. The molecule has 0 unspecified atom stereocenters. The predicted molar refractivity (Wildman–Crippen MR) is 85.4 cm³/mol. The van der Waals surface area contributed by atoms with Crippen molar-refractivity contribution in [3.8, 4) is 5.75 Å². The summed E-state index contributed by atoms with van der Waals surface area (Å²) >= 11 is 0. The van der Waals surface area contributed by atoms with Gasteiger partial charge in [0.2, 0.25) is 0 Å². The van der Waals surface area contributed by atoms with Crippen molar-refractivity contribution in [2.45, 2.75) is 26.1 Å². The number of hydrogen-bond acceptors (Lipinski definition) is 3. The summed E-state index contributed by atoms with van der Waals surface area (Å²) in [4.78, 5) is 0. The number of nitrogens with one attached hydrogen (secondary N) is 1. The number of benzene rings is 2. The normalized spacial score (nSPS) is 12.1. The molecule has 2 aromatic carbocycles. The first-order valence-corrected chi connectivity index (χ1v) is 7.17. The Morgan fingerprint density at radius 2 is 1.71 bits per heavy atom. The highest BCUT2D eigenvalue weighted by molar-refractivity contribution is 5.29. The smallest absolute Gasteiger partial charge is 0.118 e. The third kappa shape index (κ3) is 4.59. The predicted octanol–water partition coefficient (Wildman–Crippen LogP) is 3.69. The summed E-state index contributed by atoms with van der Waals surface area (Å²) in [6, 6.07) is 16.9. The standard InChI is InChI=1S/C18H23NO2/c1-14(17-7-9-18(21-3)10-8-17)19-12-15-5-4-6-16(11-15)13-20-2/h4-11,14,19H,12-13H2,1-3H3/t14-/m1/s1. The molecule has 1 N–H and O–H groups in total. The van der Waals surface area contributed by atoms with Crippen molar-refractivity contribution in [1.29, 1.82) is 0 Å². The van der Waals surface area contributed by atoms with E-state index >= 15 is 0 Å². The zero-order chi connectivity index (χ0) is 15.1. The van der Waals surface area contributed by atoms with E-state index in [1.807, 2.05) is 12.1 Å². The van der Waals surface area contributed by atoms with E-state index in [1.165, 1.54) is 16.7 Å². The number of ether oxygens (including phenoxy) is 2. The Kier molecular flexibility index (Phi) is 5.78. The van der Waals surface area contributed by atoms with Crippen molar-refractivity contribution in [2.75, 3.05) is 14.2 Å². The summed E-state index contributed by atoms with van der Waals surface area (Å²) in [5, 5.41) is 3.54. The van der Waals surface area contributed by atoms with Gasteiger partial charge in [-0.1, -0.05) is 36.4 Å². The Morgan fingerprint density at radius 3 is 2.38 bits per heavy atom. The molecule has 0 amide bonds. The fourth-order valence-corrected chi connectivity index (χ4v) is 2.28. The molecular formula is C18H23NO2. The van der Waals surface area contributed by atoms with E-state index in [1.54, 1.807) is 14.2 Å². The van der Waals surface area contributed by atoms with Crippen LogP contribution >= 0.6 is 0 Å². The Balaban J connectivity index is 1.93. The van der Waals surface area contributed by atoms with Crippen LogP contribution in [0, 0.1) is 0 Å². The monoisotopic (exact) mass is 285 g/mol. The molecule has 112 valence electrons. The van der Waals surface area contributed by atoms with Crippen LogP contribution in [-0.4, -0.2) is 14.2 Å². The van der Waals surface area contributed by atoms with E-state index in [4.69, 9.17) is 9.47 Å². The highest BCUT2D eigenvalue weighted by Crippen LogP contribution is 2.18. The molecule has 0 aliphatic heterocycles. The van der Waals surface area contributed by atoms with E-state index in [0.717, 1.165) is 12.3 Å². The lowest BCUT2D eigenvalue weighted by molar-refractivity contribution is 0.185. The zero-order valence-corrected chi connectivity index (χ0v) is 12.9. The molecule has 3 nitrogen and oxygen atoms in total. The largest absolute Gasteiger partial charge is 0.497 e. The Bertz CT molecular complexity index is 551. The van der Waals surface area contributed by atoms with Crippen LogP contribution in [0.3, 0.4) is 0 Å². The fraction of sp³-hybridized carbons (Fsp3) is 0.333. The van der Waals surface area contributed by atoms with Gasteiger partial charge in [0.05, 0.1) is 13.7 Å². The fourth-order valence-electron chi connectivity index (χ4n) is 2.28. The molecule has 0 spiro atoms. The third-order valence-corrected chi connectivity index (χ3v) is 3.53. The molecule has 0 saturated carbocycles. The van der Waals surface area contributed by atoms with Crippen molar-refractivity contribution in [3.63, 3.8) is 0 Å². The highest BCUT2D eigenvalue weighted by Gasteiger charge is 2.05. The van der Waals surface area contributed by atoms with Gasteiger partial charge in [0, 0.05) is 19.7 Å². The highest BCUT2D eigenvalue weighted by atomic mass is 16.5. The average molecular weight is 285 g/mol. The van der Waals surface area contributed by atoms with Gasteiger partial charge in [0.1, 0.15) is 5.75 Å². The van der Waals surface area contributed by atoms with Crippen LogP contribution in [0.25, 0.3) is 0 Å². The van der Waals surface area contributed by atoms with Crippen molar-refractivity contribution < 1.29 is 9.47 Å². The van der Waals surface area contributed by atoms with Crippen molar-refractivity contribution in [2.24, 2.45) is 0 Å². The minimum Gasteiger partial charge on any atom is -0.497 e. The minimum absolute atomic E-state index is 0.294. The van der Waals surface area contributed by atoms with Crippen LogP contribution in [0.4, 0.5) is 0 Å². The second-order valence-electron chi connectivity index (χ2n) is 5.13. The molecule has 2 rings (SSSR count). The molecular weight excluding hydrogens is 262 g/mol. The minimum atomic E-state index is 0.294. The molecule has 0 aliphatic carbocycles. The van der Waals surface area contributed by atoms with Crippen LogP contribution in [0.5, 0.6) is 5.75 Å². The number of rotatable bonds is 7. The van der Waals surface area contributed by atoms with Crippen LogP contribution in [0.1, 0.15) is 29.7 Å². The lowest BCUT2D eigenvalue weighted by atomic mass is 10.1. The quantitative estimate of drug-likeness (QED) is 0.841. The van der Waals surface area contributed by atoms with E-state index in [-0.39, 0.29) is 0 Å². The molecule has 0 radical (unpaired) electrons. The van der Waals surface area contributed by atoms with Crippen LogP contribution in [0.2, 0.25) is 0 Å². The average Bonchev–Trinajstić information content (AvgIpc) is 2.53. The van der Waals surface area contributed by atoms with Gasteiger partial charge >= 0.3 is 0 Å². The second-order valence-corrected chi connectivity index (χ2v) is 5.13. The van der Waals surface area contributed by atoms with Gasteiger partial charge in [-0.05, 0) is 35.7 Å². The molecule has 0 saturated heterocycles. The molecule has 1 atom stereocenters. The maximum Gasteiger partial charge on any atom is 0.118 e. The van der Waals surface area contributed by atoms with Gasteiger partial charge in [-0.25, -0.2) is 0 Å². The Morgan fingerprint density at radius 1 is 1.00 bits per heavy atom. The molecule has 0 fully saturated rings. The maximum atomic E-state index is 5.18. The summed E-state index contributed by atoms with van der Waals surface area (Å²) in [6.45, 7) is 3.66. The molecule has 0 bridgehead atoms. The summed E-state index contributed by atoms with van der Waals surface area (Å²) in [5.74, 6) is 0.887. The molecule has 0 heterocycles. The first kappa shape index (κ1) is 15.5. The van der Waals surface area contributed by atoms with Gasteiger partial charge < -0.3 is 14.8 Å². The van der Waals surface area contributed by atoms with Crippen molar-refractivity contribution >= 4 is 0 Å². The Hall–Kier alpha value is -1.84. The van der Waals surface area contributed by atoms with Crippen molar-refractivity contribution in [3.05, 3.63) is 65.2 Å². The number of methoxy groups -OCH3 is 2. The number of hydrogen-bond donors (Lipinski definition) is 1. The summed E-state index contributed by atoms with van der Waals surface area (Å²) in [7, 11) is 3.40. The van der Waals surface area contributed by atoms with Crippen LogP contribution in [-0.2, 0) is 17.9 Å². The van der Waals surface area contributed by atoms with E-state index in [9.17, 15) is 0 Å². The van der Waals surface area contributed by atoms with Gasteiger partial charge in [0.25, 0.3) is 0 Å². The molecule has 3 heteroatoms. The van der Waals surface area contributed by atoms with E-state index in [2.05, 4.69) is 48.6 Å². The zero-order valence-electron chi connectivity index (χ0n) is 12.9. The van der Waals surface area contributed by atoms with Crippen LogP contribution < -0.4 is 10.1 Å². The van der Waals surface area contributed by atoms with Gasteiger partial charge in [-0.15, -0.1) is 0 Å². The second kappa shape index (κ2) is 7.81. The van der Waals surface area contributed by atoms with E-state index < -0.39 is 0 Å². The first-order chi connectivity index (χ1) is 10.2. The molecule has 21 heavy (non-hydrogen) atoms. The van der Waals surface area contributed by atoms with Crippen LogP contribution in [0.15, 0.2) is 48.5 Å². The lowest BCUT2D eigenvalue weighted by Gasteiger charge is -2.15. The molecule has 0 aliphatic rings. The molecule has 0 aromatic heterocycles. The summed E-state index contributed by atoms with van der Waals surface area (Å²) < 4.78 is 10.3. The summed E-state index contributed by atoms with van der Waals surface area (Å²) in [5.41, 5.74) is 3.72. The summed E-state index contributed by atoms with van der Waals surface area (Å²) in [6.07, 6.45) is 0. The van der Waals surface area contributed by atoms with Gasteiger partial charge in [0.15, 0.2) is 0 Å². The Labute approximate surface area is 126 Å². The van der Waals surface area contributed by atoms with Crippen molar-refractivity contribution in [1.82, 2.24) is 5.32 Å². The van der Waals surface area contributed by atoms with Gasteiger partial charge in [-0.2, -0.15) is 0 Å². The lowest BCUT2D eigenvalue weighted by Crippen LogP contribution is -2.18. The SMILES string of the molecule is COCc1cccc(CN[C@H](C)c2ccc(OC)cc2)c1. The first-order valence-electron chi connectivity index (χ1n) is 7.17. The maximum absolute atomic E-state index is 5.18. The molecule has 2 aromatic rings.